The molecule has 28 heavy (non-hydrogen) atoms. The lowest BCUT2D eigenvalue weighted by Crippen LogP contribution is -2.38. The second-order valence-corrected chi connectivity index (χ2v) is 8.06. The molecule has 142 valence electrons. The van der Waals surface area contributed by atoms with Crippen LogP contribution in [-0.2, 0) is 0 Å². The number of carbonyl (C=O) groups is 1. The van der Waals surface area contributed by atoms with Crippen molar-refractivity contribution in [1.82, 2.24) is 5.32 Å². The smallest absolute Gasteiger partial charge is 0.252 e. The van der Waals surface area contributed by atoms with Crippen molar-refractivity contribution >= 4 is 22.4 Å². The molecule has 2 fully saturated rings. The molecule has 1 atom stereocenters. The van der Waals surface area contributed by atoms with Crippen LogP contribution in [0.2, 0.25) is 0 Å². The van der Waals surface area contributed by atoms with Crippen LogP contribution in [-0.4, -0.2) is 25.0 Å². The van der Waals surface area contributed by atoms with Gasteiger partial charge in [0.2, 0.25) is 0 Å². The Morgan fingerprint density at radius 1 is 0.929 bits per heavy atom. The van der Waals surface area contributed by atoms with E-state index in [2.05, 4.69) is 34.5 Å². The summed E-state index contributed by atoms with van der Waals surface area (Å²) < 4.78 is 14.0. The number of benzene rings is 3. The number of para-hydroxylation sites is 1. The van der Waals surface area contributed by atoms with E-state index >= 15 is 0 Å². The van der Waals surface area contributed by atoms with E-state index in [9.17, 15) is 9.18 Å². The Balaban J connectivity index is 1.27. The van der Waals surface area contributed by atoms with E-state index in [4.69, 9.17) is 0 Å². The summed E-state index contributed by atoms with van der Waals surface area (Å²) in [6.07, 6.45) is 3.23. The van der Waals surface area contributed by atoms with Crippen molar-refractivity contribution in [3.8, 4) is 0 Å². The predicted octanol–water partition coefficient (Wildman–Crippen LogP) is 4.77. The highest BCUT2D eigenvalue weighted by atomic mass is 19.1. The molecule has 1 heterocycles. The Hall–Kier alpha value is -2.88. The predicted molar refractivity (Wildman–Crippen MR) is 110 cm³/mol. The number of nitrogens with zero attached hydrogens (tertiary/aromatic N) is 1. The van der Waals surface area contributed by atoms with Gasteiger partial charge in [0.25, 0.3) is 5.91 Å². The van der Waals surface area contributed by atoms with Crippen LogP contribution in [0, 0.1) is 11.2 Å². The molecule has 4 heteroatoms. The molecule has 1 saturated carbocycles. The zero-order chi connectivity index (χ0) is 19.1. The third kappa shape index (κ3) is 2.93. The third-order valence-electron chi connectivity index (χ3n) is 6.49. The van der Waals surface area contributed by atoms with Crippen LogP contribution in [0.4, 0.5) is 10.1 Å². The Morgan fingerprint density at radius 2 is 1.61 bits per heavy atom. The summed E-state index contributed by atoms with van der Waals surface area (Å²) in [5, 5.41) is 4.39. The molecule has 0 bridgehead atoms. The minimum absolute atomic E-state index is 0.0939. The normalized spacial score (nSPS) is 20.3. The topological polar surface area (TPSA) is 32.3 Å². The number of piperidine rings is 1. The van der Waals surface area contributed by atoms with Crippen LogP contribution < -0.4 is 10.2 Å². The molecule has 0 aromatic heterocycles. The first-order valence-corrected chi connectivity index (χ1v) is 9.94. The van der Waals surface area contributed by atoms with Gasteiger partial charge in [-0.2, -0.15) is 0 Å². The van der Waals surface area contributed by atoms with E-state index in [1.807, 2.05) is 18.2 Å². The van der Waals surface area contributed by atoms with Crippen molar-refractivity contribution in [3.63, 3.8) is 0 Å². The molecule has 1 amide bonds. The first-order valence-electron chi connectivity index (χ1n) is 9.94. The fourth-order valence-corrected chi connectivity index (χ4v) is 4.65. The lowest BCUT2D eigenvalue weighted by molar-refractivity contribution is 0.0945. The van der Waals surface area contributed by atoms with E-state index in [0.29, 0.717) is 16.3 Å². The van der Waals surface area contributed by atoms with Gasteiger partial charge in [0, 0.05) is 35.8 Å². The SMILES string of the molecule is O=C(NC1CC12CCN(c1ccccc1)CC2)c1ccc(F)c2ccccc12. The van der Waals surface area contributed by atoms with Crippen LogP contribution in [0.15, 0.2) is 66.7 Å². The number of carbonyl (C=O) groups excluding carboxylic acids is 1. The maximum atomic E-state index is 14.0. The van der Waals surface area contributed by atoms with Crippen molar-refractivity contribution < 1.29 is 9.18 Å². The van der Waals surface area contributed by atoms with Crippen molar-refractivity contribution in [2.45, 2.75) is 25.3 Å². The largest absolute Gasteiger partial charge is 0.371 e. The third-order valence-corrected chi connectivity index (χ3v) is 6.49. The number of fused-ring (bicyclic) bond motifs is 1. The summed E-state index contributed by atoms with van der Waals surface area (Å²) in [6.45, 7) is 2.05. The second kappa shape index (κ2) is 6.62. The highest BCUT2D eigenvalue weighted by Gasteiger charge is 2.55. The van der Waals surface area contributed by atoms with Crippen molar-refractivity contribution in [2.24, 2.45) is 5.41 Å². The van der Waals surface area contributed by atoms with Crippen LogP contribution in [0.25, 0.3) is 10.8 Å². The van der Waals surface area contributed by atoms with Gasteiger partial charge >= 0.3 is 0 Å². The van der Waals surface area contributed by atoms with Gasteiger partial charge < -0.3 is 10.2 Å². The van der Waals surface area contributed by atoms with Crippen LogP contribution >= 0.6 is 0 Å². The van der Waals surface area contributed by atoms with Gasteiger partial charge in [-0.1, -0.05) is 42.5 Å². The van der Waals surface area contributed by atoms with Gasteiger partial charge in [-0.3, -0.25) is 4.79 Å². The van der Waals surface area contributed by atoms with Gasteiger partial charge in [-0.15, -0.1) is 0 Å². The standard InChI is InChI=1S/C24H23FN2O/c25-21-11-10-20(18-8-4-5-9-19(18)21)23(28)26-22-16-24(22)12-14-27(15-13-24)17-6-2-1-3-7-17/h1-11,22H,12-16H2,(H,26,28). The zero-order valence-corrected chi connectivity index (χ0v) is 15.7. The molecule has 1 aliphatic heterocycles. The Morgan fingerprint density at radius 3 is 2.36 bits per heavy atom. The van der Waals surface area contributed by atoms with Gasteiger partial charge in [0.05, 0.1) is 0 Å². The summed E-state index contributed by atoms with van der Waals surface area (Å²) in [6, 6.07) is 20.9. The summed E-state index contributed by atoms with van der Waals surface area (Å²) >= 11 is 0. The van der Waals surface area contributed by atoms with E-state index < -0.39 is 0 Å². The number of halogens is 1. The summed E-state index contributed by atoms with van der Waals surface area (Å²) in [5.74, 6) is -0.383. The summed E-state index contributed by atoms with van der Waals surface area (Å²) in [5.41, 5.74) is 2.06. The lowest BCUT2D eigenvalue weighted by Gasteiger charge is -2.34. The first-order chi connectivity index (χ1) is 13.7. The van der Waals surface area contributed by atoms with E-state index in [1.165, 1.54) is 11.8 Å². The van der Waals surface area contributed by atoms with E-state index in [0.717, 1.165) is 32.4 Å². The average Bonchev–Trinajstić information content (AvgIpc) is 3.40. The number of hydrogen-bond acceptors (Lipinski definition) is 2. The number of nitrogens with one attached hydrogen (secondary N) is 1. The fourth-order valence-electron chi connectivity index (χ4n) is 4.65. The molecule has 1 saturated heterocycles. The van der Waals surface area contributed by atoms with Gasteiger partial charge in [0.15, 0.2) is 0 Å². The van der Waals surface area contributed by atoms with Crippen molar-refractivity contribution in [2.75, 3.05) is 18.0 Å². The van der Waals surface area contributed by atoms with Crippen LogP contribution in [0.1, 0.15) is 29.6 Å². The molecule has 1 spiro atoms. The lowest BCUT2D eigenvalue weighted by atomic mass is 9.92. The number of rotatable bonds is 3. The Bertz CT molecular complexity index is 1030. The number of hydrogen-bond donors (Lipinski definition) is 1. The molecular formula is C24H23FN2O. The number of anilines is 1. The van der Waals surface area contributed by atoms with Crippen molar-refractivity contribution in [3.05, 3.63) is 78.1 Å². The van der Waals surface area contributed by atoms with E-state index in [-0.39, 0.29) is 23.2 Å². The Labute approximate surface area is 164 Å². The molecular weight excluding hydrogens is 351 g/mol. The molecule has 5 rings (SSSR count). The average molecular weight is 374 g/mol. The van der Waals surface area contributed by atoms with Gasteiger partial charge in [-0.05, 0) is 54.3 Å². The Kier molecular flexibility index (Phi) is 4.08. The number of amides is 1. The van der Waals surface area contributed by atoms with Crippen LogP contribution in [0.5, 0.6) is 0 Å². The molecule has 3 aromatic carbocycles. The van der Waals surface area contributed by atoms with E-state index in [1.54, 1.807) is 18.2 Å². The molecule has 1 unspecified atom stereocenters. The fraction of sp³-hybridized carbons (Fsp3) is 0.292. The molecule has 1 N–H and O–H groups in total. The minimum atomic E-state index is -0.289. The molecule has 1 aliphatic carbocycles. The maximum Gasteiger partial charge on any atom is 0.252 e. The zero-order valence-electron chi connectivity index (χ0n) is 15.7. The molecule has 3 aromatic rings. The van der Waals surface area contributed by atoms with Gasteiger partial charge in [-0.25, -0.2) is 4.39 Å². The molecule has 3 nitrogen and oxygen atoms in total. The highest BCUT2D eigenvalue weighted by Crippen LogP contribution is 2.54. The summed E-state index contributed by atoms with van der Waals surface area (Å²) in [4.78, 5) is 15.3. The molecule has 2 aliphatic rings. The minimum Gasteiger partial charge on any atom is -0.371 e. The maximum absolute atomic E-state index is 14.0. The van der Waals surface area contributed by atoms with Crippen LogP contribution in [0.3, 0.4) is 0 Å². The first kappa shape index (κ1) is 17.2. The monoisotopic (exact) mass is 374 g/mol. The summed E-state index contributed by atoms with van der Waals surface area (Å²) in [7, 11) is 0. The molecule has 0 radical (unpaired) electrons. The van der Waals surface area contributed by atoms with Crippen molar-refractivity contribution in [1.29, 1.82) is 0 Å². The highest BCUT2D eigenvalue weighted by molar-refractivity contribution is 6.07. The quantitative estimate of drug-likeness (QED) is 0.716. The second-order valence-electron chi connectivity index (χ2n) is 8.06. The van der Waals surface area contributed by atoms with Gasteiger partial charge in [0.1, 0.15) is 5.82 Å².